The number of rotatable bonds is 4. The largest absolute Gasteiger partial charge is 0.392 e. The Morgan fingerprint density at radius 1 is 1.12 bits per heavy atom. The zero-order valence-corrected chi connectivity index (χ0v) is 15.7. The van der Waals surface area contributed by atoms with E-state index in [9.17, 15) is 5.11 Å². The molecule has 4 nitrogen and oxygen atoms in total. The number of hydrogen-bond donors (Lipinski definition) is 2. The summed E-state index contributed by atoms with van der Waals surface area (Å²) in [6.45, 7) is 4.19. The third kappa shape index (κ3) is 3.76. The fraction of sp³-hybridized carbons (Fsp3) is 0.286. The number of benzene rings is 2. The Labute approximate surface area is 160 Å². The smallest absolute Gasteiger partial charge is 0.128 e. The van der Waals surface area contributed by atoms with Crippen molar-refractivity contribution in [1.29, 1.82) is 0 Å². The van der Waals surface area contributed by atoms with Gasteiger partial charge in [-0.1, -0.05) is 42.5 Å². The Hall–Kier alpha value is -2.30. The first-order valence-electron chi connectivity index (χ1n) is 8.84. The highest BCUT2D eigenvalue weighted by atomic mass is 35.5. The minimum atomic E-state index is -0.404. The summed E-state index contributed by atoms with van der Waals surface area (Å²) in [7, 11) is 0. The fourth-order valence-electron chi connectivity index (χ4n) is 3.46. The lowest BCUT2D eigenvalue weighted by atomic mass is 9.99. The highest BCUT2D eigenvalue weighted by Crippen LogP contribution is 2.32. The van der Waals surface area contributed by atoms with E-state index < -0.39 is 6.10 Å². The summed E-state index contributed by atoms with van der Waals surface area (Å²) in [5.74, 6) is 0.813. The number of nitrogens with one attached hydrogen (secondary N) is 1. The van der Waals surface area contributed by atoms with Crippen LogP contribution in [0.3, 0.4) is 0 Å². The Morgan fingerprint density at radius 3 is 2.65 bits per heavy atom. The molecule has 136 valence electrons. The predicted molar refractivity (Wildman–Crippen MR) is 110 cm³/mol. The first kappa shape index (κ1) is 18.5. The summed E-state index contributed by atoms with van der Waals surface area (Å²) < 4.78 is 0. The maximum atomic E-state index is 9.55. The van der Waals surface area contributed by atoms with E-state index in [4.69, 9.17) is 4.98 Å². The van der Waals surface area contributed by atoms with E-state index in [2.05, 4.69) is 52.7 Å². The molecule has 1 atom stereocenters. The van der Waals surface area contributed by atoms with Gasteiger partial charge in [0.15, 0.2) is 0 Å². The average Bonchev–Trinajstić information content (AvgIpc) is 2.65. The molecule has 26 heavy (non-hydrogen) atoms. The van der Waals surface area contributed by atoms with Crippen molar-refractivity contribution in [1.82, 2.24) is 4.98 Å². The molecule has 0 aliphatic carbocycles. The van der Waals surface area contributed by atoms with Gasteiger partial charge in [-0.2, -0.15) is 0 Å². The molecule has 2 heterocycles. The van der Waals surface area contributed by atoms with Crippen LogP contribution in [0.2, 0.25) is 0 Å². The number of nitrogens with zero attached hydrogens (tertiary/aromatic N) is 2. The number of halogens is 1. The van der Waals surface area contributed by atoms with Gasteiger partial charge in [0.1, 0.15) is 5.82 Å². The molecular formula is C21H24ClN3O. The van der Waals surface area contributed by atoms with Crippen LogP contribution in [0.15, 0.2) is 54.6 Å². The van der Waals surface area contributed by atoms with E-state index in [1.54, 1.807) is 6.92 Å². The summed E-state index contributed by atoms with van der Waals surface area (Å²) in [5, 5.41) is 14.0. The van der Waals surface area contributed by atoms with E-state index in [0.29, 0.717) is 6.54 Å². The molecule has 0 bridgehead atoms. The van der Waals surface area contributed by atoms with Crippen LogP contribution >= 0.6 is 12.4 Å². The predicted octanol–water partition coefficient (Wildman–Crippen LogP) is 4.01. The Morgan fingerprint density at radius 2 is 1.85 bits per heavy atom. The lowest BCUT2D eigenvalue weighted by molar-refractivity contribution is 0.208. The van der Waals surface area contributed by atoms with Gasteiger partial charge >= 0.3 is 0 Å². The lowest BCUT2D eigenvalue weighted by Crippen LogP contribution is -2.30. The van der Waals surface area contributed by atoms with Crippen LogP contribution in [0, 0.1) is 0 Å². The van der Waals surface area contributed by atoms with Crippen molar-refractivity contribution in [2.75, 3.05) is 23.3 Å². The van der Waals surface area contributed by atoms with Gasteiger partial charge < -0.3 is 15.3 Å². The Kier molecular flexibility index (Phi) is 5.64. The van der Waals surface area contributed by atoms with Gasteiger partial charge in [-0.3, -0.25) is 0 Å². The normalized spacial score (nSPS) is 14.5. The number of aromatic nitrogens is 1. The first-order chi connectivity index (χ1) is 12.2. The van der Waals surface area contributed by atoms with Crippen LogP contribution < -0.4 is 10.2 Å². The molecule has 4 rings (SSSR count). The topological polar surface area (TPSA) is 48.4 Å². The molecule has 2 N–H and O–H groups in total. The van der Waals surface area contributed by atoms with E-state index in [1.165, 1.54) is 22.2 Å². The lowest BCUT2D eigenvalue weighted by Gasteiger charge is -2.32. The summed E-state index contributed by atoms with van der Waals surface area (Å²) >= 11 is 0. The summed E-state index contributed by atoms with van der Waals surface area (Å²) in [6, 6.07) is 19.1. The molecule has 3 aromatic rings. The standard InChI is InChI=1S/C21H23N3O.ClH/c1-15(25)13-22-21-12-20(18-8-4-5-9-19(18)23-21)24-11-10-16-6-2-3-7-17(16)14-24;/h2-9,12,15,25H,10-11,13-14H2,1H3,(H,22,23);1H/t15-;/m0./s1. The maximum absolute atomic E-state index is 9.55. The van der Waals surface area contributed by atoms with Crippen molar-refractivity contribution in [2.24, 2.45) is 0 Å². The van der Waals surface area contributed by atoms with Crippen molar-refractivity contribution in [2.45, 2.75) is 26.0 Å². The minimum absolute atomic E-state index is 0. The summed E-state index contributed by atoms with van der Waals surface area (Å²) in [4.78, 5) is 7.13. The number of anilines is 2. The number of fused-ring (bicyclic) bond motifs is 2. The second-order valence-electron chi connectivity index (χ2n) is 6.71. The third-order valence-corrected chi connectivity index (χ3v) is 4.74. The van der Waals surface area contributed by atoms with Crippen LogP contribution in [-0.2, 0) is 13.0 Å². The highest BCUT2D eigenvalue weighted by molar-refractivity contribution is 5.93. The zero-order valence-electron chi connectivity index (χ0n) is 14.9. The monoisotopic (exact) mass is 369 g/mol. The van der Waals surface area contributed by atoms with Gasteiger partial charge in [0.05, 0.1) is 17.3 Å². The molecule has 1 aliphatic heterocycles. The SMILES string of the molecule is C[C@H](O)CNc1cc(N2CCc3ccccc3C2)c2ccccc2n1.Cl. The Balaban J connectivity index is 0.00000196. The molecule has 1 aliphatic rings. The molecule has 2 aromatic carbocycles. The molecule has 5 heteroatoms. The molecule has 0 saturated carbocycles. The van der Waals surface area contributed by atoms with Gasteiger partial charge in [-0.05, 0) is 30.5 Å². The van der Waals surface area contributed by atoms with Crippen LogP contribution in [0.1, 0.15) is 18.1 Å². The van der Waals surface area contributed by atoms with E-state index >= 15 is 0 Å². The third-order valence-electron chi connectivity index (χ3n) is 4.74. The zero-order chi connectivity index (χ0) is 17.2. The molecule has 0 amide bonds. The number of para-hydroxylation sites is 1. The van der Waals surface area contributed by atoms with Crippen molar-refractivity contribution in [3.63, 3.8) is 0 Å². The first-order valence-corrected chi connectivity index (χ1v) is 8.84. The van der Waals surface area contributed by atoms with Crippen LogP contribution in [-0.4, -0.2) is 29.3 Å². The average molecular weight is 370 g/mol. The molecular weight excluding hydrogens is 346 g/mol. The van der Waals surface area contributed by atoms with Crippen LogP contribution in [0.5, 0.6) is 0 Å². The second-order valence-corrected chi connectivity index (χ2v) is 6.71. The number of aliphatic hydroxyl groups excluding tert-OH is 1. The van der Waals surface area contributed by atoms with Crippen molar-refractivity contribution >= 4 is 34.8 Å². The Bertz CT molecular complexity index is 897. The molecule has 1 aromatic heterocycles. The van der Waals surface area contributed by atoms with E-state index in [-0.39, 0.29) is 12.4 Å². The summed E-state index contributed by atoms with van der Waals surface area (Å²) in [5.41, 5.74) is 5.03. The van der Waals surface area contributed by atoms with E-state index in [0.717, 1.165) is 30.8 Å². The van der Waals surface area contributed by atoms with E-state index in [1.807, 2.05) is 12.1 Å². The van der Waals surface area contributed by atoms with Crippen LogP contribution in [0.4, 0.5) is 11.5 Å². The molecule has 0 radical (unpaired) electrons. The number of pyridine rings is 1. The van der Waals surface area contributed by atoms with Crippen molar-refractivity contribution in [3.05, 3.63) is 65.7 Å². The summed E-state index contributed by atoms with van der Waals surface area (Å²) in [6.07, 6.45) is 0.655. The van der Waals surface area contributed by atoms with Crippen molar-refractivity contribution < 1.29 is 5.11 Å². The molecule has 0 spiro atoms. The number of aliphatic hydroxyl groups is 1. The molecule has 0 fully saturated rings. The van der Waals surface area contributed by atoms with Crippen LogP contribution in [0.25, 0.3) is 10.9 Å². The maximum Gasteiger partial charge on any atom is 0.128 e. The van der Waals surface area contributed by atoms with Gasteiger partial charge in [0.25, 0.3) is 0 Å². The number of hydrogen-bond acceptors (Lipinski definition) is 4. The van der Waals surface area contributed by atoms with Gasteiger partial charge in [-0.15, -0.1) is 12.4 Å². The fourth-order valence-corrected chi connectivity index (χ4v) is 3.46. The minimum Gasteiger partial charge on any atom is -0.392 e. The molecule has 0 unspecified atom stereocenters. The highest BCUT2D eigenvalue weighted by Gasteiger charge is 2.19. The van der Waals surface area contributed by atoms with Gasteiger partial charge in [0.2, 0.25) is 0 Å². The van der Waals surface area contributed by atoms with Gasteiger partial charge in [0, 0.05) is 31.1 Å². The molecule has 0 saturated heterocycles. The quantitative estimate of drug-likeness (QED) is 0.729. The van der Waals surface area contributed by atoms with Gasteiger partial charge in [-0.25, -0.2) is 4.98 Å². The van der Waals surface area contributed by atoms with Crippen molar-refractivity contribution in [3.8, 4) is 0 Å². The second kappa shape index (κ2) is 7.94.